The molecule has 0 spiro atoms. The van der Waals surface area contributed by atoms with Gasteiger partial charge in [0, 0.05) is 11.1 Å². The van der Waals surface area contributed by atoms with Gasteiger partial charge in [0.15, 0.2) is 0 Å². The van der Waals surface area contributed by atoms with Gasteiger partial charge in [0.1, 0.15) is 18.1 Å². The van der Waals surface area contributed by atoms with E-state index >= 15 is 0 Å². The third kappa shape index (κ3) is 2.09. The Balaban J connectivity index is 2.43. The van der Waals surface area contributed by atoms with Crippen LogP contribution in [0.15, 0.2) is 40.8 Å². The maximum absolute atomic E-state index is 8.46. The zero-order chi connectivity index (χ0) is 10.7. The zero-order valence-electron chi connectivity index (χ0n) is 8.43. The zero-order valence-corrected chi connectivity index (χ0v) is 8.43. The van der Waals surface area contributed by atoms with E-state index < -0.39 is 0 Å². The van der Waals surface area contributed by atoms with Crippen LogP contribution in [-0.4, -0.2) is 5.26 Å². The van der Waals surface area contributed by atoms with E-state index in [-0.39, 0.29) is 6.61 Å². The summed E-state index contributed by atoms with van der Waals surface area (Å²) in [6.45, 7) is 2.01. The van der Waals surface area contributed by atoms with Crippen molar-refractivity contribution in [2.24, 2.45) is 0 Å². The number of hydrogen-bond acceptors (Lipinski definition) is 3. The Hall–Kier alpha value is -1.58. The van der Waals surface area contributed by atoms with E-state index in [0.29, 0.717) is 0 Å². The van der Waals surface area contributed by atoms with Crippen LogP contribution in [-0.2, 0) is 11.5 Å². The predicted octanol–water partition coefficient (Wildman–Crippen LogP) is 3.24. The van der Waals surface area contributed by atoms with Gasteiger partial charge in [0.25, 0.3) is 0 Å². The number of hydrogen-bond donors (Lipinski definition) is 1. The highest BCUT2D eigenvalue weighted by atomic mass is 17.1. The first-order chi connectivity index (χ1) is 7.31. The Kier molecular flexibility index (Phi) is 2.85. The summed E-state index contributed by atoms with van der Waals surface area (Å²) >= 11 is 0. The molecule has 0 fully saturated rings. The SMILES string of the molecule is Cc1cc(COO)c(-c2ccccc2)o1. The molecular formula is C12H12O3. The van der Waals surface area contributed by atoms with Crippen molar-refractivity contribution in [3.05, 3.63) is 47.7 Å². The fourth-order valence-corrected chi connectivity index (χ4v) is 1.58. The maximum Gasteiger partial charge on any atom is 0.139 e. The van der Waals surface area contributed by atoms with Crippen LogP contribution in [0.3, 0.4) is 0 Å². The minimum absolute atomic E-state index is 0.140. The van der Waals surface area contributed by atoms with Crippen LogP contribution in [0.25, 0.3) is 11.3 Å². The van der Waals surface area contributed by atoms with Crippen molar-refractivity contribution in [2.45, 2.75) is 13.5 Å². The van der Waals surface area contributed by atoms with E-state index in [1.54, 1.807) is 0 Å². The lowest BCUT2D eigenvalue weighted by atomic mass is 10.1. The van der Waals surface area contributed by atoms with Gasteiger partial charge in [0.05, 0.1) is 0 Å². The average molecular weight is 204 g/mol. The molecule has 15 heavy (non-hydrogen) atoms. The summed E-state index contributed by atoms with van der Waals surface area (Å²) in [6.07, 6.45) is 0. The van der Waals surface area contributed by atoms with Crippen molar-refractivity contribution in [3.63, 3.8) is 0 Å². The quantitative estimate of drug-likeness (QED) is 0.616. The summed E-state index contributed by atoms with van der Waals surface area (Å²) in [7, 11) is 0. The maximum atomic E-state index is 8.46. The summed E-state index contributed by atoms with van der Waals surface area (Å²) in [5.41, 5.74) is 1.83. The molecule has 0 radical (unpaired) electrons. The second-order valence-corrected chi connectivity index (χ2v) is 3.35. The molecule has 0 saturated carbocycles. The molecule has 0 unspecified atom stereocenters. The van der Waals surface area contributed by atoms with Crippen molar-refractivity contribution in [1.82, 2.24) is 0 Å². The fourth-order valence-electron chi connectivity index (χ4n) is 1.58. The molecule has 1 aromatic carbocycles. The molecule has 1 aromatic heterocycles. The molecule has 0 bridgehead atoms. The third-order valence-corrected chi connectivity index (χ3v) is 2.19. The van der Waals surface area contributed by atoms with Gasteiger partial charge in [-0.05, 0) is 13.0 Å². The summed E-state index contributed by atoms with van der Waals surface area (Å²) < 4.78 is 5.56. The number of rotatable bonds is 3. The first kappa shape index (κ1) is 9.96. The molecule has 0 aliphatic carbocycles. The predicted molar refractivity (Wildman–Crippen MR) is 56.3 cm³/mol. The summed E-state index contributed by atoms with van der Waals surface area (Å²) in [6, 6.07) is 11.6. The molecule has 0 atom stereocenters. The molecular weight excluding hydrogens is 192 g/mol. The molecule has 78 valence electrons. The van der Waals surface area contributed by atoms with Gasteiger partial charge in [-0.15, -0.1) is 0 Å². The summed E-state index contributed by atoms with van der Waals surface area (Å²) in [5, 5.41) is 8.46. The van der Waals surface area contributed by atoms with E-state index in [4.69, 9.17) is 9.67 Å². The molecule has 2 rings (SSSR count). The normalized spacial score (nSPS) is 10.5. The van der Waals surface area contributed by atoms with E-state index in [1.807, 2.05) is 43.3 Å². The third-order valence-electron chi connectivity index (χ3n) is 2.19. The Morgan fingerprint density at radius 2 is 2.00 bits per heavy atom. The topological polar surface area (TPSA) is 42.6 Å². The fraction of sp³-hybridized carbons (Fsp3) is 0.167. The van der Waals surface area contributed by atoms with Crippen LogP contribution >= 0.6 is 0 Å². The van der Waals surface area contributed by atoms with Gasteiger partial charge in [-0.25, -0.2) is 4.89 Å². The van der Waals surface area contributed by atoms with Crippen molar-refractivity contribution in [2.75, 3.05) is 0 Å². The van der Waals surface area contributed by atoms with Crippen molar-refractivity contribution < 1.29 is 14.6 Å². The molecule has 3 nitrogen and oxygen atoms in total. The number of aryl methyl sites for hydroxylation is 1. The Bertz CT molecular complexity index is 431. The minimum Gasteiger partial charge on any atom is -0.461 e. The van der Waals surface area contributed by atoms with Gasteiger partial charge >= 0.3 is 0 Å². The standard InChI is InChI=1S/C12H12O3/c1-9-7-11(8-14-13)12(15-9)10-5-3-2-4-6-10/h2-7,13H,8H2,1H3. The Labute approximate surface area is 87.8 Å². The Morgan fingerprint density at radius 1 is 1.27 bits per heavy atom. The van der Waals surface area contributed by atoms with Gasteiger partial charge in [-0.2, -0.15) is 0 Å². The van der Waals surface area contributed by atoms with Gasteiger partial charge < -0.3 is 4.42 Å². The molecule has 0 saturated heterocycles. The van der Waals surface area contributed by atoms with Crippen LogP contribution in [0.5, 0.6) is 0 Å². The lowest BCUT2D eigenvalue weighted by Gasteiger charge is -2.00. The molecule has 1 N–H and O–H groups in total. The first-order valence-electron chi connectivity index (χ1n) is 4.72. The smallest absolute Gasteiger partial charge is 0.139 e. The van der Waals surface area contributed by atoms with E-state index in [9.17, 15) is 0 Å². The van der Waals surface area contributed by atoms with Crippen LogP contribution in [0.4, 0.5) is 0 Å². The lowest BCUT2D eigenvalue weighted by molar-refractivity contribution is -0.252. The second kappa shape index (κ2) is 4.29. The van der Waals surface area contributed by atoms with Crippen LogP contribution in [0.2, 0.25) is 0 Å². The number of furan rings is 1. The highest BCUT2D eigenvalue weighted by Crippen LogP contribution is 2.27. The number of benzene rings is 1. The van der Waals surface area contributed by atoms with Gasteiger partial charge in [-0.1, -0.05) is 30.3 Å². The van der Waals surface area contributed by atoms with Crippen LogP contribution < -0.4 is 0 Å². The summed E-state index contributed by atoms with van der Waals surface area (Å²) in [5.74, 6) is 1.56. The van der Waals surface area contributed by atoms with Crippen molar-refractivity contribution >= 4 is 0 Å². The van der Waals surface area contributed by atoms with E-state index in [0.717, 1.165) is 22.6 Å². The van der Waals surface area contributed by atoms with E-state index in [2.05, 4.69) is 4.89 Å². The van der Waals surface area contributed by atoms with Crippen molar-refractivity contribution in [3.8, 4) is 11.3 Å². The first-order valence-corrected chi connectivity index (χ1v) is 4.72. The minimum atomic E-state index is 0.140. The van der Waals surface area contributed by atoms with E-state index in [1.165, 1.54) is 0 Å². The highest BCUT2D eigenvalue weighted by Gasteiger charge is 2.10. The van der Waals surface area contributed by atoms with Crippen LogP contribution in [0.1, 0.15) is 11.3 Å². The van der Waals surface area contributed by atoms with Crippen LogP contribution in [0, 0.1) is 6.92 Å². The molecule has 2 aromatic rings. The average Bonchev–Trinajstić information content (AvgIpc) is 2.62. The van der Waals surface area contributed by atoms with Gasteiger partial charge in [0.2, 0.25) is 0 Å². The lowest BCUT2D eigenvalue weighted by Crippen LogP contribution is -1.87. The van der Waals surface area contributed by atoms with Crippen molar-refractivity contribution in [1.29, 1.82) is 0 Å². The molecule has 0 aliphatic rings. The Morgan fingerprint density at radius 3 is 2.67 bits per heavy atom. The monoisotopic (exact) mass is 204 g/mol. The largest absolute Gasteiger partial charge is 0.461 e. The molecule has 3 heteroatoms. The second-order valence-electron chi connectivity index (χ2n) is 3.35. The molecule has 0 aliphatic heterocycles. The molecule has 0 amide bonds. The molecule has 1 heterocycles. The summed E-state index contributed by atoms with van der Waals surface area (Å²) in [4.78, 5) is 4.14. The van der Waals surface area contributed by atoms with Gasteiger partial charge in [-0.3, -0.25) is 5.26 Å². The highest BCUT2D eigenvalue weighted by molar-refractivity contribution is 5.61.